The Morgan fingerprint density at radius 1 is 1.14 bits per heavy atom. The highest BCUT2D eigenvalue weighted by molar-refractivity contribution is 5.90. The van der Waals surface area contributed by atoms with Crippen molar-refractivity contribution in [1.82, 2.24) is 19.3 Å². The van der Waals surface area contributed by atoms with Gasteiger partial charge in [0.2, 0.25) is 0 Å². The molecule has 2 heterocycles. The molecule has 0 aliphatic heterocycles. The fourth-order valence-corrected chi connectivity index (χ4v) is 3.45. The molecule has 4 aromatic rings. The van der Waals surface area contributed by atoms with Crippen LogP contribution >= 0.6 is 0 Å². The lowest BCUT2D eigenvalue weighted by Gasteiger charge is -2.09. The third kappa shape index (κ3) is 3.45. The summed E-state index contributed by atoms with van der Waals surface area (Å²) >= 11 is 0. The molecule has 0 fully saturated rings. The smallest absolute Gasteiger partial charge is 0.337 e. The largest absolute Gasteiger partial charge is 0.465 e. The molecule has 0 aliphatic rings. The number of para-hydroxylation sites is 1. The number of hydrogen-bond donors (Lipinski definition) is 0. The Bertz CT molecular complexity index is 1160. The van der Waals surface area contributed by atoms with E-state index in [1.54, 1.807) is 12.4 Å². The van der Waals surface area contributed by atoms with Gasteiger partial charge in [-0.3, -0.25) is 0 Å². The lowest BCUT2D eigenvalue weighted by atomic mass is 10.1. The first-order chi connectivity index (χ1) is 14.1. The summed E-state index contributed by atoms with van der Waals surface area (Å²) in [7, 11) is 1.38. The zero-order chi connectivity index (χ0) is 20.4. The van der Waals surface area contributed by atoms with Gasteiger partial charge in [0.15, 0.2) is 0 Å². The average Bonchev–Trinajstić information content (AvgIpc) is 3.41. The normalized spacial score (nSPS) is 10.9. The van der Waals surface area contributed by atoms with Gasteiger partial charge < -0.3 is 9.30 Å². The number of benzene rings is 2. The van der Waals surface area contributed by atoms with Gasteiger partial charge in [0.1, 0.15) is 0 Å². The van der Waals surface area contributed by atoms with Gasteiger partial charge in [-0.15, -0.1) is 0 Å². The number of carbonyl (C=O) groups is 1. The van der Waals surface area contributed by atoms with Crippen molar-refractivity contribution in [2.45, 2.75) is 20.3 Å². The van der Waals surface area contributed by atoms with Crippen LogP contribution in [0.4, 0.5) is 0 Å². The van der Waals surface area contributed by atoms with Crippen LogP contribution in [0.2, 0.25) is 0 Å². The fraction of sp³-hybridized carbons (Fsp3) is 0.174. The van der Waals surface area contributed by atoms with E-state index in [4.69, 9.17) is 4.74 Å². The van der Waals surface area contributed by atoms with E-state index in [2.05, 4.69) is 17.0 Å². The van der Waals surface area contributed by atoms with E-state index in [1.807, 2.05) is 71.0 Å². The van der Waals surface area contributed by atoms with Crippen LogP contribution in [0.15, 0.2) is 67.3 Å². The second kappa shape index (κ2) is 7.75. The standard InChI is InChI=1S/C23H22N4O2/c1-4-21-19(13-25-27(21)18-8-6-5-7-9-18)20-14-26(15-24-20)22-12-17(23(28)29-3)11-10-16(22)2/h5-15H,4H2,1-3H3. The van der Waals surface area contributed by atoms with Crippen LogP contribution in [-0.4, -0.2) is 32.4 Å². The van der Waals surface area contributed by atoms with E-state index in [9.17, 15) is 4.79 Å². The van der Waals surface area contributed by atoms with E-state index < -0.39 is 0 Å². The first kappa shape index (κ1) is 18.7. The molecule has 0 atom stereocenters. The Morgan fingerprint density at radius 2 is 1.93 bits per heavy atom. The van der Waals surface area contributed by atoms with Crippen LogP contribution in [0.25, 0.3) is 22.6 Å². The number of aromatic nitrogens is 4. The van der Waals surface area contributed by atoms with Crippen molar-refractivity contribution < 1.29 is 9.53 Å². The van der Waals surface area contributed by atoms with Gasteiger partial charge in [-0.2, -0.15) is 5.10 Å². The number of ether oxygens (including phenoxy) is 1. The minimum absolute atomic E-state index is 0.357. The molecule has 2 aromatic heterocycles. The number of nitrogens with zero attached hydrogens (tertiary/aromatic N) is 4. The summed E-state index contributed by atoms with van der Waals surface area (Å²) in [5, 5.41) is 4.59. The quantitative estimate of drug-likeness (QED) is 0.478. The summed E-state index contributed by atoms with van der Waals surface area (Å²) in [6, 6.07) is 15.6. The Hall–Kier alpha value is -3.67. The van der Waals surface area contributed by atoms with Gasteiger partial charge in [-0.25, -0.2) is 14.5 Å². The molecule has 0 saturated carbocycles. The molecule has 4 rings (SSSR count). The predicted octanol–water partition coefficient (Wildman–Crippen LogP) is 4.38. The lowest BCUT2D eigenvalue weighted by Crippen LogP contribution is -2.03. The van der Waals surface area contributed by atoms with Gasteiger partial charge in [-0.1, -0.05) is 31.2 Å². The molecule has 146 valence electrons. The Morgan fingerprint density at radius 3 is 2.66 bits per heavy atom. The highest BCUT2D eigenvalue weighted by Gasteiger charge is 2.16. The molecular weight excluding hydrogens is 364 g/mol. The highest BCUT2D eigenvalue weighted by Crippen LogP contribution is 2.26. The predicted molar refractivity (Wildman–Crippen MR) is 112 cm³/mol. The van der Waals surface area contributed by atoms with Crippen molar-refractivity contribution >= 4 is 5.97 Å². The SMILES string of the molecule is CCc1c(-c2cn(-c3cc(C(=O)OC)ccc3C)cn2)cnn1-c1ccccc1. The minimum Gasteiger partial charge on any atom is -0.465 e. The van der Waals surface area contributed by atoms with Gasteiger partial charge in [-0.05, 0) is 43.2 Å². The van der Waals surface area contributed by atoms with Gasteiger partial charge >= 0.3 is 5.97 Å². The topological polar surface area (TPSA) is 61.9 Å². The maximum absolute atomic E-state index is 11.9. The molecule has 0 saturated heterocycles. The molecule has 0 radical (unpaired) electrons. The Balaban J connectivity index is 1.74. The summed E-state index contributed by atoms with van der Waals surface area (Å²) in [5.41, 5.74) is 6.40. The van der Waals surface area contributed by atoms with Gasteiger partial charge in [0, 0.05) is 11.8 Å². The van der Waals surface area contributed by atoms with E-state index in [0.717, 1.165) is 40.3 Å². The third-order valence-corrected chi connectivity index (χ3v) is 4.97. The van der Waals surface area contributed by atoms with Crippen LogP contribution in [0.3, 0.4) is 0 Å². The van der Waals surface area contributed by atoms with Gasteiger partial charge in [0.05, 0.1) is 48.0 Å². The van der Waals surface area contributed by atoms with Crippen molar-refractivity contribution in [1.29, 1.82) is 0 Å². The zero-order valence-corrected chi connectivity index (χ0v) is 16.7. The summed E-state index contributed by atoms with van der Waals surface area (Å²) in [6.07, 6.45) is 6.41. The maximum Gasteiger partial charge on any atom is 0.337 e. The number of imidazole rings is 1. The molecule has 0 spiro atoms. The number of aryl methyl sites for hydroxylation is 1. The molecule has 0 aliphatic carbocycles. The van der Waals surface area contributed by atoms with Crippen molar-refractivity contribution in [3.8, 4) is 22.6 Å². The molecular formula is C23H22N4O2. The number of methoxy groups -OCH3 is 1. The van der Waals surface area contributed by atoms with Crippen molar-refractivity contribution in [3.05, 3.63) is 84.1 Å². The third-order valence-electron chi connectivity index (χ3n) is 4.97. The Labute approximate surface area is 169 Å². The number of esters is 1. The highest BCUT2D eigenvalue weighted by atomic mass is 16.5. The van der Waals surface area contributed by atoms with Crippen LogP contribution in [0.1, 0.15) is 28.5 Å². The number of rotatable bonds is 5. The maximum atomic E-state index is 11.9. The second-order valence-corrected chi connectivity index (χ2v) is 6.76. The average molecular weight is 386 g/mol. The fourth-order valence-electron chi connectivity index (χ4n) is 3.45. The summed E-state index contributed by atoms with van der Waals surface area (Å²) < 4.78 is 8.72. The minimum atomic E-state index is -0.357. The number of hydrogen-bond acceptors (Lipinski definition) is 4. The molecule has 0 N–H and O–H groups in total. The van der Waals surface area contributed by atoms with Crippen molar-refractivity contribution in [2.24, 2.45) is 0 Å². The van der Waals surface area contributed by atoms with E-state index in [1.165, 1.54) is 7.11 Å². The lowest BCUT2D eigenvalue weighted by molar-refractivity contribution is 0.0600. The molecule has 0 bridgehead atoms. The summed E-state index contributed by atoms with van der Waals surface area (Å²) in [4.78, 5) is 16.5. The van der Waals surface area contributed by atoms with Gasteiger partial charge in [0.25, 0.3) is 0 Å². The van der Waals surface area contributed by atoms with E-state index in [0.29, 0.717) is 5.56 Å². The van der Waals surface area contributed by atoms with Crippen LogP contribution in [0, 0.1) is 6.92 Å². The van der Waals surface area contributed by atoms with E-state index in [-0.39, 0.29) is 5.97 Å². The summed E-state index contributed by atoms with van der Waals surface area (Å²) in [5.74, 6) is -0.357. The number of carbonyl (C=O) groups excluding carboxylic acids is 1. The van der Waals surface area contributed by atoms with E-state index >= 15 is 0 Å². The van der Waals surface area contributed by atoms with Crippen molar-refractivity contribution in [3.63, 3.8) is 0 Å². The Kier molecular flexibility index (Phi) is 4.99. The summed E-state index contributed by atoms with van der Waals surface area (Å²) in [6.45, 7) is 4.11. The second-order valence-electron chi connectivity index (χ2n) is 6.76. The van der Waals surface area contributed by atoms with Crippen LogP contribution in [-0.2, 0) is 11.2 Å². The van der Waals surface area contributed by atoms with Crippen LogP contribution < -0.4 is 0 Å². The molecule has 0 unspecified atom stereocenters. The molecule has 0 amide bonds. The first-order valence-electron chi connectivity index (χ1n) is 9.48. The van der Waals surface area contributed by atoms with Crippen molar-refractivity contribution in [2.75, 3.05) is 7.11 Å². The van der Waals surface area contributed by atoms with Crippen LogP contribution in [0.5, 0.6) is 0 Å². The zero-order valence-electron chi connectivity index (χ0n) is 16.7. The first-order valence-corrected chi connectivity index (χ1v) is 9.48. The molecule has 6 nitrogen and oxygen atoms in total. The monoisotopic (exact) mass is 386 g/mol. The molecule has 2 aromatic carbocycles. The molecule has 6 heteroatoms. The molecule has 29 heavy (non-hydrogen) atoms.